The van der Waals surface area contributed by atoms with Gasteiger partial charge in [-0.15, -0.1) is 0 Å². The van der Waals surface area contributed by atoms with Gasteiger partial charge in [-0.25, -0.2) is 0 Å². The SMILES string of the molecule is O=C1CC=c2c(ccc3c4c(ccc23)C=CC=4)N1. The predicted molar refractivity (Wildman–Crippen MR) is 74.4 cm³/mol. The highest BCUT2D eigenvalue weighted by Crippen LogP contribution is 2.16. The summed E-state index contributed by atoms with van der Waals surface area (Å²) in [5, 5.41) is 7.82. The number of rotatable bonds is 0. The molecule has 1 aliphatic carbocycles. The van der Waals surface area contributed by atoms with Gasteiger partial charge < -0.3 is 5.32 Å². The summed E-state index contributed by atoms with van der Waals surface area (Å²) >= 11 is 0. The van der Waals surface area contributed by atoms with Crippen molar-refractivity contribution >= 4 is 40.6 Å². The van der Waals surface area contributed by atoms with Crippen molar-refractivity contribution in [1.82, 2.24) is 0 Å². The highest BCUT2D eigenvalue weighted by atomic mass is 16.1. The van der Waals surface area contributed by atoms with Crippen molar-refractivity contribution in [2.45, 2.75) is 6.42 Å². The van der Waals surface area contributed by atoms with Gasteiger partial charge in [-0.1, -0.05) is 42.5 Å². The molecule has 1 heterocycles. The molecule has 1 aliphatic heterocycles. The van der Waals surface area contributed by atoms with Crippen molar-refractivity contribution in [3.05, 3.63) is 46.3 Å². The van der Waals surface area contributed by atoms with Crippen LogP contribution in [0, 0.1) is 0 Å². The molecule has 4 rings (SSSR count). The lowest BCUT2D eigenvalue weighted by Gasteiger charge is -2.13. The molecule has 2 heteroatoms. The fraction of sp³-hybridized carbons (Fsp3) is 0.0625. The second-order valence-corrected chi connectivity index (χ2v) is 4.67. The van der Waals surface area contributed by atoms with E-state index >= 15 is 0 Å². The van der Waals surface area contributed by atoms with Crippen LogP contribution in [0.15, 0.2) is 30.3 Å². The van der Waals surface area contributed by atoms with Crippen LogP contribution in [-0.4, -0.2) is 5.91 Å². The number of amides is 1. The molecule has 2 aliphatic rings. The summed E-state index contributed by atoms with van der Waals surface area (Å²) in [6.45, 7) is 0. The Labute approximate surface area is 104 Å². The highest BCUT2D eigenvalue weighted by molar-refractivity contribution is 6.01. The molecule has 0 unspecified atom stereocenters. The van der Waals surface area contributed by atoms with Crippen molar-refractivity contribution in [2.75, 3.05) is 5.32 Å². The van der Waals surface area contributed by atoms with Gasteiger partial charge in [0.1, 0.15) is 0 Å². The third kappa shape index (κ3) is 1.20. The number of hydrogen-bond donors (Lipinski definition) is 1. The maximum Gasteiger partial charge on any atom is 0.228 e. The number of fused-ring (bicyclic) bond motifs is 5. The van der Waals surface area contributed by atoms with Crippen molar-refractivity contribution < 1.29 is 4.79 Å². The average Bonchev–Trinajstić information content (AvgIpc) is 2.86. The fourth-order valence-electron chi connectivity index (χ4n) is 2.77. The molecule has 1 amide bonds. The van der Waals surface area contributed by atoms with Crippen LogP contribution in [0.2, 0.25) is 0 Å². The summed E-state index contributed by atoms with van der Waals surface area (Å²) < 4.78 is 0. The van der Waals surface area contributed by atoms with E-state index < -0.39 is 0 Å². The topological polar surface area (TPSA) is 29.1 Å². The van der Waals surface area contributed by atoms with E-state index in [1.54, 1.807) is 0 Å². The van der Waals surface area contributed by atoms with Crippen molar-refractivity contribution in [1.29, 1.82) is 0 Å². The molecule has 0 fully saturated rings. The number of allylic oxidation sites excluding steroid dienone is 1. The van der Waals surface area contributed by atoms with Gasteiger partial charge in [0.2, 0.25) is 5.91 Å². The molecular formula is C16H11NO. The Kier molecular flexibility index (Phi) is 1.78. The minimum atomic E-state index is 0.0660. The highest BCUT2D eigenvalue weighted by Gasteiger charge is 2.11. The molecule has 2 aromatic carbocycles. The molecule has 2 aromatic rings. The molecule has 0 saturated heterocycles. The Morgan fingerprint density at radius 3 is 2.78 bits per heavy atom. The van der Waals surface area contributed by atoms with Crippen LogP contribution < -0.4 is 15.8 Å². The molecule has 0 spiro atoms. The first-order valence-electron chi connectivity index (χ1n) is 6.07. The zero-order chi connectivity index (χ0) is 12.1. The third-order valence-corrected chi connectivity index (χ3v) is 3.62. The molecule has 0 bridgehead atoms. The second-order valence-electron chi connectivity index (χ2n) is 4.67. The normalized spacial score (nSPS) is 15.7. The Bertz CT molecular complexity index is 844. The first-order valence-corrected chi connectivity index (χ1v) is 6.07. The van der Waals surface area contributed by atoms with Gasteiger partial charge in [0.05, 0.1) is 0 Å². The summed E-state index contributed by atoms with van der Waals surface area (Å²) in [6, 6.07) is 8.38. The smallest absolute Gasteiger partial charge is 0.228 e. The van der Waals surface area contributed by atoms with E-state index in [9.17, 15) is 4.79 Å². The molecule has 2 nitrogen and oxygen atoms in total. The third-order valence-electron chi connectivity index (χ3n) is 3.62. The number of anilines is 1. The summed E-state index contributed by atoms with van der Waals surface area (Å²) in [5.74, 6) is 0.0660. The lowest BCUT2D eigenvalue weighted by atomic mass is 10.00. The van der Waals surface area contributed by atoms with Gasteiger partial charge >= 0.3 is 0 Å². The van der Waals surface area contributed by atoms with Gasteiger partial charge in [0, 0.05) is 17.3 Å². The van der Waals surface area contributed by atoms with Crippen molar-refractivity contribution in [3.63, 3.8) is 0 Å². The number of nitrogens with one attached hydrogen (secondary N) is 1. The zero-order valence-corrected chi connectivity index (χ0v) is 9.73. The van der Waals surface area contributed by atoms with Crippen LogP contribution in [0.1, 0.15) is 12.0 Å². The monoisotopic (exact) mass is 233 g/mol. The van der Waals surface area contributed by atoms with Crippen LogP contribution in [0.4, 0.5) is 5.69 Å². The van der Waals surface area contributed by atoms with Gasteiger partial charge in [0.15, 0.2) is 0 Å². The summed E-state index contributed by atoms with van der Waals surface area (Å²) in [7, 11) is 0. The predicted octanol–water partition coefficient (Wildman–Crippen LogP) is 1.77. The molecule has 1 N–H and O–H groups in total. The minimum absolute atomic E-state index is 0.0660. The summed E-state index contributed by atoms with van der Waals surface area (Å²) in [6.07, 6.45) is 8.83. The lowest BCUT2D eigenvalue weighted by Crippen LogP contribution is -2.24. The Morgan fingerprint density at radius 2 is 1.83 bits per heavy atom. The van der Waals surface area contributed by atoms with Gasteiger partial charge in [-0.3, -0.25) is 4.79 Å². The number of hydrogen-bond acceptors (Lipinski definition) is 1. The average molecular weight is 233 g/mol. The van der Waals surface area contributed by atoms with E-state index in [-0.39, 0.29) is 5.91 Å². The standard InChI is InChI=1S/C16H11NO/c18-16-9-7-14-13-5-4-10-2-1-3-11(10)12(13)6-8-15(14)17-16/h1-8H,9H2,(H,17,18). The summed E-state index contributed by atoms with van der Waals surface area (Å²) in [4.78, 5) is 11.4. The zero-order valence-electron chi connectivity index (χ0n) is 9.73. The van der Waals surface area contributed by atoms with E-state index in [1.165, 1.54) is 21.6 Å². The van der Waals surface area contributed by atoms with Crippen LogP contribution in [-0.2, 0) is 4.79 Å². The number of carbonyl (C=O) groups is 1. The quantitative estimate of drug-likeness (QED) is 0.738. The Morgan fingerprint density at radius 1 is 1.00 bits per heavy atom. The minimum Gasteiger partial charge on any atom is -0.325 e. The van der Waals surface area contributed by atoms with Gasteiger partial charge in [0.25, 0.3) is 0 Å². The molecular weight excluding hydrogens is 222 g/mol. The molecule has 0 aromatic heterocycles. The molecule has 0 saturated carbocycles. The largest absolute Gasteiger partial charge is 0.325 e. The molecule has 0 radical (unpaired) electrons. The number of carbonyl (C=O) groups excluding carboxylic acids is 1. The van der Waals surface area contributed by atoms with Crippen LogP contribution >= 0.6 is 0 Å². The van der Waals surface area contributed by atoms with E-state index in [0.29, 0.717) is 6.42 Å². The van der Waals surface area contributed by atoms with Crippen LogP contribution in [0.5, 0.6) is 0 Å². The first kappa shape index (κ1) is 9.66. The molecule has 0 atom stereocenters. The van der Waals surface area contributed by atoms with Crippen molar-refractivity contribution in [3.8, 4) is 0 Å². The fourth-order valence-corrected chi connectivity index (χ4v) is 2.77. The maximum absolute atomic E-state index is 11.4. The van der Waals surface area contributed by atoms with E-state index in [2.05, 4.69) is 41.7 Å². The van der Waals surface area contributed by atoms with E-state index in [0.717, 1.165) is 10.9 Å². The number of benzene rings is 2. The van der Waals surface area contributed by atoms with Crippen LogP contribution in [0.25, 0.3) is 29.0 Å². The summed E-state index contributed by atoms with van der Waals surface area (Å²) in [5.41, 5.74) is 2.19. The van der Waals surface area contributed by atoms with E-state index in [4.69, 9.17) is 0 Å². The Balaban J connectivity index is 2.18. The second kappa shape index (κ2) is 3.33. The van der Waals surface area contributed by atoms with Gasteiger partial charge in [-0.05, 0) is 27.6 Å². The molecule has 86 valence electrons. The van der Waals surface area contributed by atoms with Gasteiger partial charge in [-0.2, -0.15) is 0 Å². The lowest BCUT2D eigenvalue weighted by molar-refractivity contribution is -0.115. The van der Waals surface area contributed by atoms with Crippen LogP contribution in [0.3, 0.4) is 0 Å². The maximum atomic E-state index is 11.4. The first-order chi connectivity index (χ1) is 8.83. The molecule has 18 heavy (non-hydrogen) atoms. The Hall–Kier alpha value is -2.35. The van der Waals surface area contributed by atoms with E-state index in [1.807, 2.05) is 12.1 Å². The van der Waals surface area contributed by atoms with Crippen molar-refractivity contribution in [2.24, 2.45) is 0 Å².